The van der Waals surface area contributed by atoms with Crippen molar-refractivity contribution < 1.29 is 39.0 Å². The number of hydrogen-bond donors (Lipinski definition) is 7. The second-order valence-corrected chi connectivity index (χ2v) is 9.85. The molecule has 1 saturated heterocycles. The molecular formula is C26H38N6O8. The van der Waals surface area contributed by atoms with E-state index < -0.39 is 85.3 Å². The highest BCUT2D eigenvalue weighted by molar-refractivity contribution is 5.95. The molecule has 1 aliphatic heterocycles. The SMILES string of the molecule is CC(C)[C@H](NC(=O)[C@H](Cc1ccccc1)NC(=O)[C@@H]1CCCN1C(=O)CNC(=O)CNC(=O)[C@@H](N)CO)C(=O)O. The average Bonchev–Trinajstić information content (AvgIpc) is 3.43. The predicted molar refractivity (Wildman–Crippen MR) is 142 cm³/mol. The van der Waals surface area contributed by atoms with Crippen LogP contribution in [0.5, 0.6) is 0 Å². The maximum atomic E-state index is 13.3. The highest BCUT2D eigenvalue weighted by Crippen LogP contribution is 2.18. The summed E-state index contributed by atoms with van der Waals surface area (Å²) in [5.41, 5.74) is 6.10. The summed E-state index contributed by atoms with van der Waals surface area (Å²) in [6, 6.07) is 4.59. The lowest BCUT2D eigenvalue weighted by Crippen LogP contribution is -2.57. The largest absolute Gasteiger partial charge is 0.480 e. The standard InChI is InChI=1S/C26H38N6O8/c1-15(2)22(26(39)40)31-24(37)18(11-16-7-4-3-5-8-16)30-25(38)19-9-6-10-32(19)21(35)13-28-20(34)12-29-23(36)17(27)14-33/h3-5,7-8,15,17-19,22,33H,6,9-14,27H2,1-2H3,(H,28,34)(H,29,36)(H,30,38)(H,31,37)(H,39,40)/t17-,18-,19-,22-/m0/s1. The first-order chi connectivity index (χ1) is 18.9. The van der Waals surface area contributed by atoms with E-state index in [9.17, 15) is 33.9 Å². The second kappa shape index (κ2) is 15.5. The van der Waals surface area contributed by atoms with Gasteiger partial charge in [0.25, 0.3) is 0 Å². The molecule has 8 N–H and O–H groups in total. The Kier molecular flexibility index (Phi) is 12.5. The topological polar surface area (TPSA) is 220 Å². The van der Waals surface area contributed by atoms with E-state index in [0.717, 1.165) is 5.56 Å². The fraction of sp³-hybridized carbons (Fsp3) is 0.538. The summed E-state index contributed by atoms with van der Waals surface area (Å²) in [7, 11) is 0. The third-order valence-corrected chi connectivity index (χ3v) is 6.42. The Morgan fingerprint density at radius 3 is 2.27 bits per heavy atom. The number of hydrogen-bond acceptors (Lipinski definition) is 8. The second-order valence-electron chi connectivity index (χ2n) is 9.85. The van der Waals surface area contributed by atoms with Gasteiger partial charge in [-0.25, -0.2) is 4.79 Å². The van der Waals surface area contributed by atoms with Gasteiger partial charge in [-0.2, -0.15) is 0 Å². The molecule has 1 fully saturated rings. The van der Waals surface area contributed by atoms with Crippen LogP contribution in [-0.4, -0.2) is 101 Å². The lowest BCUT2D eigenvalue weighted by atomic mass is 10.0. The van der Waals surface area contributed by atoms with Crippen LogP contribution in [0.3, 0.4) is 0 Å². The van der Waals surface area contributed by atoms with Gasteiger partial charge in [0.2, 0.25) is 29.5 Å². The molecule has 1 aromatic rings. The van der Waals surface area contributed by atoms with Crippen molar-refractivity contribution in [3.8, 4) is 0 Å². The third kappa shape index (κ3) is 9.61. The van der Waals surface area contributed by atoms with Crippen LogP contribution in [0.1, 0.15) is 32.3 Å². The van der Waals surface area contributed by atoms with Gasteiger partial charge in [0.05, 0.1) is 19.7 Å². The lowest BCUT2D eigenvalue weighted by Gasteiger charge is -2.27. The van der Waals surface area contributed by atoms with Gasteiger partial charge in [0, 0.05) is 13.0 Å². The van der Waals surface area contributed by atoms with Gasteiger partial charge >= 0.3 is 5.97 Å². The molecule has 1 aliphatic rings. The molecule has 5 amide bonds. The first kappa shape index (κ1) is 32.2. The van der Waals surface area contributed by atoms with Crippen LogP contribution in [0.15, 0.2) is 30.3 Å². The number of carboxylic acids is 1. The fourth-order valence-electron chi connectivity index (χ4n) is 4.15. The lowest BCUT2D eigenvalue weighted by molar-refractivity contribution is -0.144. The Balaban J connectivity index is 2.04. The molecule has 0 radical (unpaired) electrons. The molecule has 0 spiro atoms. The summed E-state index contributed by atoms with van der Waals surface area (Å²) in [6.07, 6.45) is 0.964. The maximum absolute atomic E-state index is 13.3. The van der Waals surface area contributed by atoms with Crippen molar-refractivity contribution in [1.82, 2.24) is 26.2 Å². The zero-order chi connectivity index (χ0) is 29.8. The molecule has 1 heterocycles. The predicted octanol–water partition coefficient (Wildman–Crippen LogP) is -2.52. The summed E-state index contributed by atoms with van der Waals surface area (Å²) in [5, 5.41) is 28.1. The minimum atomic E-state index is -1.20. The van der Waals surface area contributed by atoms with E-state index in [2.05, 4.69) is 21.3 Å². The average molecular weight is 563 g/mol. The molecule has 14 nitrogen and oxygen atoms in total. The number of nitrogens with two attached hydrogens (primary N) is 1. The van der Waals surface area contributed by atoms with Crippen LogP contribution in [0.2, 0.25) is 0 Å². The third-order valence-electron chi connectivity index (χ3n) is 6.42. The van der Waals surface area contributed by atoms with Crippen molar-refractivity contribution in [3.05, 3.63) is 35.9 Å². The monoisotopic (exact) mass is 562 g/mol. The number of rotatable bonds is 14. The minimum absolute atomic E-state index is 0.102. The van der Waals surface area contributed by atoms with E-state index >= 15 is 0 Å². The van der Waals surface area contributed by atoms with Crippen molar-refractivity contribution >= 4 is 35.5 Å². The zero-order valence-corrected chi connectivity index (χ0v) is 22.6. The van der Waals surface area contributed by atoms with Crippen LogP contribution >= 0.6 is 0 Å². The van der Waals surface area contributed by atoms with Gasteiger partial charge in [-0.1, -0.05) is 44.2 Å². The van der Waals surface area contributed by atoms with Crippen LogP contribution in [0.25, 0.3) is 0 Å². The molecule has 0 saturated carbocycles. The van der Waals surface area contributed by atoms with Gasteiger partial charge < -0.3 is 42.1 Å². The molecule has 1 aromatic carbocycles. The van der Waals surface area contributed by atoms with Crippen molar-refractivity contribution in [1.29, 1.82) is 0 Å². The number of benzene rings is 1. The molecule has 0 aliphatic carbocycles. The van der Waals surface area contributed by atoms with Crippen LogP contribution < -0.4 is 27.0 Å². The normalized spacial score (nSPS) is 16.9. The zero-order valence-electron chi connectivity index (χ0n) is 22.6. The van der Waals surface area contributed by atoms with Gasteiger partial charge in [-0.15, -0.1) is 0 Å². The highest BCUT2D eigenvalue weighted by atomic mass is 16.4. The van der Waals surface area contributed by atoms with Gasteiger partial charge in [-0.3, -0.25) is 24.0 Å². The van der Waals surface area contributed by atoms with E-state index in [1.807, 2.05) is 0 Å². The van der Waals surface area contributed by atoms with Gasteiger partial charge in [0.15, 0.2) is 0 Å². The van der Waals surface area contributed by atoms with Crippen molar-refractivity contribution in [2.24, 2.45) is 11.7 Å². The highest BCUT2D eigenvalue weighted by Gasteiger charge is 2.36. The fourth-order valence-corrected chi connectivity index (χ4v) is 4.15. The number of carboxylic acid groups (broad SMARTS) is 1. The summed E-state index contributed by atoms with van der Waals surface area (Å²) >= 11 is 0. The summed E-state index contributed by atoms with van der Waals surface area (Å²) in [5.74, 6) is -4.74. The number of aliphatic hydroxyl groups excluding tert-OH is 1. The maximum Gasteiger partial charge on any atom is 0.326 e. The van der Waals surface area contributed by atoms with Gasteiger partial charge in [-0.05, 0) is 24.3 Å². The number of carbonyl (C=O) groups is 6. The molecule has 2 rings (SSSR count). The Morgan fingerprint density at radius 1 is 1.00 bits per heavy atom. The number of carbonyl (C=O) groups excluding carboxylic acids is 5. The first-order valence-electron chi connectivity index (χ1n) is 13.0. The van der Waals surface area contributed by atoms with E-state index in [1.54, 1.807) is 44.2 Å². The molecule has 4 atom stereocenters. The van der Waals surface area contributed by atoms with E-state index in [-0.39, 0.29) is 13.0 Å². The van der Waals surface area contributed by atoms with Crippen LogP contribution in [-0.2, 0) is 35.2 Å². The number of nitrogens with one attached hydrogen (secondary N) is 4. The summed E-state index contributed by atoms with van der Waals surface area (Å²) in [6.45, 7) is 2.11. The summed E-state index contributed by atoms with van der Waals surface area (Å²) < 4.78 is 0. The smallest absolute Gasteiger partial charge is 0.326 e. The van der Waals surface area contributed by atoms with Crippen molar-refractivity contribution in [2.75, 3.05) is 26.2 Å². The van der Waals surface area contributed by atoms with Crippen LogP contribution in [0.4, 0.5) is 0 Å². The molecule has 0 unspecified atom stereocenters. The van der Waals surface area contributed by atoms with E-state index in [4.69, 9.17) is 10.8 Å². The molecule has 40 heavy (non-hydrogen) atoms. The quantitative estimate of drug-likeness (QED) is 0.127. The Labute approximate surface area is 232 Å². The van der Waals surface area contributed by atoms with E-state index in [0.29, 0.717) is 12.8 Å². The van der Waals surface area contributed by atoms with Crippen LogP contribution in [0, 0.1) is 5.92 Å². The summed E-state index contributed by atoms with van der Waals surface area (Å²) in [4.78, 5) is 75.7. The minimum Gasteiger partial charge on any atom is -0.480 e. The Bertz CT molecular complexity index is 1070. The number of likely N-dealkylation sites (tertiary alicyclic amines) is 1. The van der Waals surface area contributed by atoms with Gasteiger partial charge in [0.1, 0.15) is 24.2 Å². The molecule has 0 bridgehead atoms. The van der Waals surface area contributed by atoms with Crippen molar-refractivity contribution in [2.45, 2.75) is 57.3 Å². The van der Waals surface area contributed by atoms with Crippen molar-refractivity contribution in [3.63, 3.8) is 0 Å². The number of nitrogens with zero attached hydrogens (tertiary/aromatic N) is 1. The van der Waals surface area contributed by atoms with E-state index in [1.165, 1.54) is 4.90 Å². The molecule has 220 valence electrons. The number of aliphatic hydroxyl groups is 1. The Morgan fingerprint density at radius 2 is 1.68 bits per heavy atom. The molecule has 14 heteroatoms. The molecular weight excluding hydrogens is 524 g/mol. The molecule has 0 aromatic heterocycles. The Hall–Kier alpha value is -4.04. The number of aliphatic carboxylic acids is 1. The number of amides is 5. The first-order valence-corrected chi connectivity index (χ1v) is 13.0.